The summed E-state index contributed by atoms with van der Waals surface area (Å²) in [5.41, 5.74) is 11.7. The van der Waals surface area contributed by atoms with Crippen molar-refractivity contribution in [3.63, 3.8) is 0 Å². The van der Waals surface area contributed by atoms with E-state index < -0.39 is 11.7 Å². The van der Waals surface area contributed by atoms with Gasteiger partial charge in [-0.05, 0) is 37.3 Å². The third kappa shape index (κ3) is 6.57. The summed E-state index contributed by atoms with van der Waals surface area (Å²) < 4.78 is 15.0. The number of nitrogens with zero attached hydrogens (tertiary/aromatic N) is 4. The van der Waals surface area contributed by atoms with Crippen LogP contribution in [0, 0.1) is 18.7 Å². The van der Waals surface area contributed by atoms with Crippen molar-refractivity contribution in [1.82, 2.24) is 20.2 Å². The number of benzene rings is 1. The molecule has 1 fully saturated rings. The first-order valence-electron chi connectivity index (χ1n) is 11.1. The zero-order chi connectivity index (χ0) is 24.5. The molecule has 3 aromatic rings. The van der Waals surface area contributed by atoms with Crippen LogP contribution in [0.4, 0.5) is 4.39 Å². The van der Waals surface area contributed by atoms with Gasteiger partial charge in [-0.3, -0.25) is 14.3 Å². The number of hydrazone groups is 1. The molecule has 0 unspecified atom stereocenters. The zero-order valence-electron chi connectivity index (χ0n) is 19.4. The number of nitrogens with one attached hydrogen (secondary N) is 1. The number of halogens is 1. The van der Waals surface area contributed by atoms with E-state index >= 15 is 0 Å². The summed E-state index contributed by atoms with van der Waals surface area (Å²) in [6.45, 7) is 2.08. The van der Waals surface area contributed by atoms with Crippen LogP contribution in [-0.2, 0) is 11.8 Å². The first kappa shape index (κ1) is 24.8. The Bertz CT molecular complexity index is 1170. The second-order valence-corrected chi connectivity index (χ2v) is 8.28. The fraction of sp³-hybridized carbons (Fsp3) is 0.320. The molecule has 9 heteroatoms. The lowest BCUT2D eigenvalue weighted by molar-refractivity contribution is -0.109. The van der Waals surface area contributed by atoms with Crippen LogP contribution >= 0.6 is 0 Å². The van der Waals surface area contributed by atoms with Gasteiger partial charge in [0.15, 0.2) is 11.5 Å². The van der Waals surface area contributed by atoms with Crippen molar-refractivity contribution in [2.24, 2.45) is 23.8 Å². The van der Waals surface area contributed by atoms with Crippen molar-refractivity contribution >= 4 is 18.0 Å². The number of rotatable bonds is 8. The predicted molar refractivity (Wildman–Crippen MR) is 128 cm³/mol. The summed E-state index contributed by atoms with van der Waals surface area (Å²) in [6, 6.07) is 9.40. The highest BCUT2D eigenvalue weighted by Gasteiger charge is 2.18. The Morgan fingerprint density at radius 2 is 2.06 bits per heavy atom. The molecule has 0 radical (unpaired) electrons. The van der Waals surface area contributed by atoms with Gasteiger partial charge in [0.2, 0.25) is 6.41 Å². The molecule has 1 saturated carbocycles. The van der Waals surface area contributed by atoms with Gasteiger partial charge in [0.05, 0.1) is 11.9 Å². The lowest BCUT2D eigenvalue weighted by Crippen LogP contribution is -2.16. The molecular formula is C25H29FN6O2. The van der Waals surface area contributed by atoms with Crippen molar-refractivity contribution in [3.05, 3.63) is 71.6 Å². The minimum atomic E-state index is -0.879. The maximum atomic E-state index is 13.4. The number of hydrogen-bond acceptors (Lipinski definition) is 5. The molecule has 0 bridgehead atoms. The maximum absolute atomic E-state index is 13.4. The summed E-state index contributed by atoms with van der Waals surface area (Å²) in [5.74, 6) is -0.750. The molecule has 178 valence electrons. The molecule has 0 atom stereocenters. The Morgan fingerprint density at radius 1 is 1.29 bits per heavy atom. The van der Waals surface area contributed by atoms with Crippen LogP contribution < -0.4 is 11.2 Å². The summed E-state index contributed by atoms with van der Waals surface area (Å²) in [6.07, 6.45) is 11.5. The van der Waals surface area contributed by atoms with Gasteiger partial charge in [-0.2, -0.15) is 10.2 Å². The predicted octanol–water partition coefficient (Wildman–Crippen LogP) is 3.75. The average Bonchev–Trinajstić information content (AvgIpc) is 3.22. The van der Waals surface area contributed by atoms with Crippen molar-refractivity contribution in [3.8, 4) is 11.1 Å². The minimum absolute atomic E-state index is 0.354. The number of amides is 2. The molecule has 4 rings (SSSR count). The third-order valence-electron chi connectivity index (χ3n) is 5.84. The SMILES string of the molecule is Cc1ccccc1/C(CCC1CCC1)=N\NC=O.Cn1cc(-c2cnc(C(N)=O)c(F)c2)cn1. The number of hydrogen-bond donors (Lipinski definition) is 2. The first-order chi connectivity index (χ1) is 16.4. The molecule has 3 N–H and O–H groups in total. The Kier molecular flexibility index (Phi) is 8.61. The van der Waals surface area contributed by atoms with E-state index in [0.717, 1.165) is 29.2 Å². The van der Waals surface area contributed by atoms with Crippen molar-refractivity contribution < 1.29 is 14.0 Å². The topological polar surface area (TPSA) is 115 Å². The first-order valence-corrected chi connectivity index (χ1v) is 11.1. The fourth-order valence-electron chi connectivity index (χ4n) is 3.72. The highest BCUT2D eigenvalue weighted by molar-refractivity contribution is 6.01. The van der Waals surface area contributed by atoms with E-state index in [1.165, 1.54) is 43.5 Å². The van der Waals surface area contributed by atoms with Crippen molar-refractivity contribution in [2.75, 3.05) is 0 Å². The van der Waals surface area contributed by atoms with Gasteiger partial charge in [0.25, 0.3) is 5.91 Å². The van der Waals surface area contributed by atoms with E-state index in [-0.39, 0.29) is 5.69 Å². The van der Waals surface area contributed by atoms with E-state index in [9.17, 15) is 14.0 Å². The molecule has 0 saturated heterocycles. The molecule has 1 aliphatic rings. The van der Waals surface area contributed by atoms with Gasteiger partial charge in [-0.1, -0.05) is 43.5 Å². The second kappa shape index (κ2) is 11.8. The third-order valence-corrected chi connectivity index (χ3v) is 5.84. The molecule has 0 spiro atoms. The zero-order valence-corrected chi connectivity index (χ0v) is 19.4. The Labute approximate surface area is 198 Å². The fourth-order valence-corrected chi connectivity index (χ4v) is 3.72. The monoisotopic (exact) mass is 464 g/mol. The largest absolute Gasteiger partial charge is 0.364 e. The molecule has 1 aromatic carbocycles. The van der Waals surface area contributed by atoms with Crippen LogP contribution in [0.2, 0.25) is 0 Å². The number of nitrogens with two attached hydrogens (primary N) is 1. The standard InChI is InChI=1S/C15H20N2O.C10H9FN4O/c1-12-5-2-3-8-14(12)15(17-16-11-18)10-9-13-6-4-7-13;1-15-5-7(4-14-15)6-2-8(11)9(10(12)16)13-3-6/h2-3,5,8,11,13H,4,6-7,9-10H2,1H3,(H,16,18);2-5H,1H3,(H2,12,16)/b17-15-;. The highest BCUT2D eigenvalue weighted by Crippen LogP contribution is 2.31. The molecule has 2 aromatic heterocycles. The number of carbonyl (C=O) groups is 2. The van der Waals surface area contributed by atoms with Gasteiger partial charge < -0.3 is 5.73 Å². The van der Waals surface area contributed by atoms with E-state index in [1.54, 1.807) is 24.1 Å². The minimum Gasteiger partial charge on any atom is -0.364 e. The Hall–Kier alpha value is -3.88. The molecule has 34 heavy (non-hydrogen) atoms. The molecule has 2 amide bonds. The molecule has 0 aliphatic heterocycles. The Morgan fingerprint density at radius 3 is 2.62 bits per heavy atom. The summed E-state index contributed by atoms with van der Waals surface area (Å²) in [7, 11) is 1.76. The summed E-state index contributed by atoms with van der Waals surface area (Å²) in [5, 5.41) is 8.16. The van der Waals surface area contributed by atoms with E-state index in [4.69, 9.17) is 5.73 Å². The van der Waals surface area contributed by atoms with E-state index in [2.05, 4.69) is 39.7 Å². The molecule has 2 heterocycles. The molecule has 1 aliphatic carbocycles. The Balaban J connectivity index is 0.000000192. The maximum Gasteiger partial charge on any atom is 0.270 e. The lowest BCUT2D eigenvalue weighted by atomic mass is 9.81. The average molecular weight is 465 g/mol. The quantitative estimate of drug-likeness (QED) is 0.300. The van der Waals surface area contributed by atoms with Crippen molar-refractivity contribution in [1.29, 1.82) is 0 Å². The van der Waals surface area contributed by atoms with Gasteiger partial charge >= 0.3 is 0 Å². The van der Waals surface area contributed by atoms with Crippen molar-refractivity contribution in [2.45, 2.75) is 39.0 Å². The van der Waals surface area contributed by atoms with Crippen LogP contribution in [-0.4, -0.2) is 32.8 Å². The smallest absolute Gasteiger partial charge is 0.270 e. The van der Waals surface area contributed by atoms with Crippen LogP contribution in [0.5, 0.6) is 0 Å². The van der Waals surface area contributed by atoms with E-state index in [0.29, 0.717) is 12.0 Å². The molecular weight excluding hydrogens is 435 g/mol. The van der Waals surface area contributed by atoms with Gasteiger partial charge in [-0.25, -0.2) is 14.8 Å². The number of aryl methyl sites for hydroxylation is 2. The number of carbonyl (C=O) groups excluding carboxylic acids is 2. The molecule has 8 nitrogen and oxygen atoms in total. The van der Waals surface area contributed by atoms with Gasteiger partial charge in [-0.15, -0.1) is 0 Å². The summed E-state index contributed by atoms with van der Waals surface area (Å²) >= 11 is 0. The van der Waals surface area contributed by atoms with Crippen LogP contribution in [0.3, 0.4) is 0 Å². The van der Waals surface area contributed by atoms with Crippen LogP contribution in [0.1, 0.15) is 53.7 Å². The normalized spacial score (nSPS) is 13.4. The van der Waals surface area contributed by atoms with E-state index in [1.807, 2.05) is 12.1 Å². The number of pyridine rings is 1. The highest BCUT2D eigenvalue weighted by atomic mass is 19.1. The second-order valence-electron chi connectivity index (χ2n) is 8.28. The number of primary amides is 1. The van der Waals surface area contributed by atoms with Gasteiger partial charge in [0.1, 0.15) is 0 Å². The van der Waals surface area contributed by atoms with Crippen LogP contribution in [0.15, 0.2) is 54.0 Å². The number of aromatic nitrogens is 3. The lowest BCUT2D eigenvalue weighted by Gasteiger charge is -2.25. The van der Waals surface area contributed by atoms with Gasteiger partial charge in [0, 0.05) is 36.1 Å². The summed E-state index contributed by atoms with van der Waals surface area (Å²) in [4.78, 5) is 24.9. The van der Waals surface area contributed by atoms with Crippen LogP contribution in [0.25, 0.3) is 11.1 Å².